The highest BCUT2D eigenvalue weighted by molar-refractivity contribution is 6.51. The zero-order valence-electron chi connectivity index (χ0n) is 23.1. The zero-order valence-corrected chi connectivity index (χ0v) is 23.1. The second-order valence-electron chi connectivity index (χ2n) is 9.86. The number of rotatable bonds is 7. The number of anilines is 1. The number of amides is 1. The number of carbonyl (C=O) groups is 3. The van der Waals surface area contributed by atoms with Gasteiger partial charge in [0.05, 0.1) is 30.9 Å². The molecule has 0 bridgehead atoms. The van der Waals surface area contributed by atoms with Gasteiger partial charge in [-0.2, -0.15) is 0 Å². The summed E-state index contributed by atoms with van der Waals surface area (Å²) in [7, 11) is 1.59. The van der Waals surface area contributed by atoms with E-state index in [-0.39, 0.29) is 29.4 Å². The highest BCUT2D eigenvalue weighted by Gasteiger charge is 2.47. The van der Waals surface area contributed by atoms with E-state index in [0.29, 0.717) is 28.1 Å². The lowest BCUT2D eigenvalue weighted by Crippen LogP contribution is -2.30. The Bertz CT molecular complexity index is 1490. The molecule has 7 nitrogen and oxygen atoms in total. The summed E-state index contributed by atoms with van der Waals surface area (Å²) in [4.78, 5) is 41.1. The fraction of sp³-hybridized carbons (Fsp3) is 0.281. The van der Waals surface area contributed by atoms with E-state index in [1.165, 1.54) is 11.0 Å². The lowest BCUT2D eigenvalue weighted by Gasteiger charge is -2.27. The van der Waals surface area contributed by atoms with Crippen LogP contribution in [-0.2, 0) is 14.3 Å². The minimum absolute atomic E-state index is 0.0150. The zero-order chi connectivity index (χ0) is 28.4. The van der Waals surface area contributed by atoms with E-state index in [1.54, 1.807) is 32.2 Å². The molecule has 202 valence electrons. The number of aliphatic hydroxyl groups excluding tert-OH is 1. The van der Waals surface area contributed by atoms with Crippen LogP contribution in [0.1, 0.15) is 70.9 Å². The molecule has 1 aliphatic heterocycles. The van der Waals surface area contributed by atoms with Crippen LogP contribution in [0.25, 0.3) is 5.76 Å². The van der Waals surface area contributed by atoms with E-state index in [2.05, 4.69) is 0 Å². The van der Waals surface area contributed by atoms with Crippen LogP contribution in [0.3, 0.4) is 0 Å². The summed E-state index contributed by atoms with van der Waals surface area (Å²) in [6.45, 7) is 9.66. The highest BCUT2D eigenvalue weighted by atomic mass is 16.5. The van der Waals surface area contributed by atoms with Crippen molar-refractivity contribution in [2.24, 2.45) is 0 Å². The number of Topliss-reactive ketones (excluding diaryl/α,β-unsaturated/α-hetero) is 1. The van der Waals surface area contributed by atoms with E-state index in [4.69, 9.17) is 9.47 Å². The molecule has 0 spiro atoms. The van der Waals surface area contributed by atoms with Crippen molar-refractivity contribution in [3.05, 3.63) is 99.6 Å². The maximum Gasteiger partial charge on any atom is 0.338 e. The predicted octanol–water partition coefficient (Wildman–Crippen LogP) is 6.24. The number of aliphatic hydroxyl groups is 1. The van der Waals surface area contributed by atoms with Crippen LogP contribution in [0, 0.1) is 13.8 Å². The Morgan fingerprint density at radius 3 is 2.36 bits per heavy atom. The van der Waals surface area contributed by atoms with Crippen LogP contribution in [0.5, 0.6) is 5.75 Å². The van der Waals surface area contributed by atoms with E-state index in [0.717, 1.165) is 11.1 Å². The van der Waals surface area contributed by atoms with E-state index in [1.807, 2.05) is 64.1 Å². The topological polar surface area (TPSA) is 93.1 Å². The van der Waals surface area contributed by atoms with Gasteiger partial charge >= 0.3 is 5.97 Å². The summed E-state index contributed by atoms with van der Waals surface area (Å²) in [6, 6.07) is 16.6. The summed E-state index contributed by atoms with van der Waals surface area (Å²) < 4.78 is 10.7. The Hall–Kier alpha value is -4.39. The van der Waals surface area contributed by atoms with Gasteiger partial charge in [-0.15, -0.1) is 0 Å². The number of methoxy groups -OCH3 is 1. The Kier molecular flexibility index (Phi) is 7.90. The number of hydrogen-bond donors (Lipinski definition) is 1. The molecular formula is C32H33NO6. The number of aryl methyl sites for hydroxylation is 2. The molecule has 1 amide bonds. The molecule has 1 fully saturated rings. The maximum absolute atomic E-state index is 13.6. The Labute approximate surface area is 228 Å². The molecule has 1 atom stereocenters. The summed E-state index contributed by atoms with van der Waals surface area (Å²) in [6.07, 6.45) is 0. The molecule has 3 aromatic rings. The molecular weight excluding hydrogens is 494 g/mol. The molecule has 0 aromatic heterocycles. The van der Waals surface area contributed by atoms with Crippen molar-refractivity contribution in [2.45, 2.75) is 46.6 Å². The molecule has 1 heterocycles. The highest BCUT2D eigenvalue weighted by Crippen LogP contribution is 2.44. The summed E-state index contributed by atoms with van der Waals surface area (Å²) >= 11 is 0. The average molecular weight is 528 g/mol. The van der Waals surface area contributed by atoms with Crippen molar-refractivity contribution in [3.8, 4) is 5.75 Å². The largest absolute Gasteiger partial charge is 0.507 e. The van der Waals surface area contributed by atoms with E-state index >= 15 is 0 Å². The SMILES string of the molecule is CCOC(=O)c1cccc(N2C(=O)C(=O)/C(=C(/O)c3cc(C(C)C)c(OC)cc3C)C2c2ccccc2C)c1. The smallest absolute Gasteiger partial charge is 0.338 e. The third-order valence-corrected chi connectivity index (χ3v) is 7.02. The van der Waals surface area contributed by atoms with Gasteiger partial charge in [-0.3, -0.25) is 14.5 Å². The van der Waals surface area contributed by atoms with Crippen LogP contribution < -0.4 is 9.64 Å². The van der Waals surface area contributed by atoms with Crippen molar-refractivity contribution in [1.82, 2.24) is 0 Å². The van der Waals surface area contributed by atoms with Gasteiger partial charge in [-0.25, -0.2) is 4.79 Å². The van der Waals surface area contributed by atoms with Gasteiger partial charge in [-0.1, -0.05) is 44.2 Å². The molecule has 4 rings (SSSR count). The minimum Gasteiger partial charge on any atom is -0.507 e. The monoisotopic (exact) mass is 527 g/mol. The number of hydrogen-bond acceptors (Lipinski definition) is 6. The van der Waals surface area contributed by atoms with Crippen LogP contribution in [-0.4, -0.2) is 36.5 Å². The third-order valence-electron chi connectivity index (χ3n) is 7.02. The molecule has 1 N–H and O–H groups in total. The second kappa shape index (κ2) is 11.2. The van der Waals surface area contributed by atoms with E-state index < -0.39 is 23.7 Å². The number of ether oxygens (including phenoxy) is 2. The quantitative estimate of drug-likeness (QED) is 0.169. The van der Waals surface area contributed by atoms with Crippen LogP contribution in [0.2, 0.25) is 0 Å². The first-order valence-electron chi connectivity index (χ1n) is 12.9. The molecule has 0 radical (unpaired) electrons. The average Bonchev–Trinajstić information content (AvgIpc) is 3.18. The van der Waals surface area contributed by atoms with Gasteiger partial charge in [0.25, 0.3) is 11.7 Å². The number of benzene rings is 3. The van der Waals surface area contributed by atoms with Gasteiger partial charge in [0.15, 0.2) is 0 Å². The van der Waals surface area contributed by atoms with Crippen LogP contribution in [0.4, 0.5) is 5.69 Å². The number of ketones is 1. The fourth-order valence-electron chi connectivity index (χ4n) is 5.01. The van der Waals surface area contributed by atoms with Gasteiger partial charge in [-0.05, 0) is 79.3 Å². The number of nitrogens with zero attached hydrogens (tertiary/aromatic N) is 1. The van der Waals surface area contributed by atoms with Crippen LogP contribution in [0.15, 0.2) is 66.2 Å². The fourth-order valence-corrected chi connectivity index (χ4v) is 5.01. The normalized spacial score (nSPS) is 16.6. The van der Waals surface area contributed by atoms with Gasteiger partial charge in [0.1, 0.15) is 11.5 Å². The van der Waals surface area contributed by atoms with Gasteiger partial charge in [0.2, 0.25) is 0 Å². The number of esters is 1. The predicted molar refractivity (Wildman–Crippen MR) is 150 cm³/mol. The summed E-state index contributed by atoms with van der Waals surface area (Å²) in [5, 5.41) is 11.7. The first-order valence-corrected chi connectivity index (χ1v) is 12.9. The summed E-state index contributed by atoms with van der Waals surface area (Å²) in [5.74, 6) is -1.60. The molecule has 0 aliphatic carbocycles. The molecule has 1 unspecified atom stereocenters. The Balaban J connectivity index is 1.98. The van der Waals surface area contributed by atoms with Crippen molar-refractivity contribution in [2.75, 3.05) is 18.6 Å². The van der Waals surface area contributed by atoms with Crippen molar-refractivity contribution < 1.29 is 29.0 Å². The summed E-state index contributed by atoms with van der Waals surface area (Å²) in [5.41, 5.74) is 4.15. The lowest BCUT2D eigenvalue weighted by atomic mass is 9.89. The molecule has 1 saturated heterocycles. The molecule has 0 saturated carbocycles. The van der Waals surface area contributed by atoms with Crippen LogP contribution >= 0.6 is 0 Å². The van der Waals surface area contributed by atoms with Gasteiger partial charge in [0, 0.05) is 11.3 Å². The molecule has 39 heavy (non-hydrogen) atoms. The Morgan fingerprint density at radius 2 is 1.72 bits per heavy atom. The molecule has 7 heteroatoms. The van der Waals surface area contributed by atoms with Gasteiger partial charge < -0.3 is 14.6 Å². The first-order chi connectivity index (χ1) is 18.6. The maximum atomic E-state index is 13.6. The minimum atomic E-state index is -0.910. The second-order valence-corrected chi connectivity index (χ2v) is 9.86. The third kappa shape index (κ3) is 5.04. The standard InChI is InChI=1S/C32H33NO6/c1-7-39-32(37)21-12-10-13-22(16-21)33-28(23-14-9-8-11-19(23)4)27(30(35)31(33)36)29(34)25-17-24(18(2)3)26(38-6)15-20(25)5/h8-18,28,34H,7H2,1-6H3/b29-27+. The lowest BCUT2D eigenvalue weighted by molar-refractivity contribution is -0.132. The molecule has 1 aliphatic rings. The van der Waals surface area contributed by atoms with E-state index in [9.17, 15) is 19.5 Å². The van der Waals surface area contributed by atoms with Crippen molar-refractivity contribution in [1.29, 1.82) is 0 Å². The number of carbonyl (C=O) groups excluding carboxylic acids is 3. The van der Waals surface area contributed by atoms with Crippen molar-refractivity contribution in [3.63, 3.8) is 0 Å². The first kappa shape index (κ1) is 27.6. The molecule has 3 aromatic carbocycles. The van der Waals surface area contributed by atoms with Crippen molar-refractivity contribution >= 4 is 29.1 Å². The Morgan fingerprint density at radius 1 is 1.00 bits per heavy atom.